The van der Waals surface area contributed by atoms with E-state index in [-0.39, 0.29) is 17.5 Å². The van der Waals surface area contributed by atoms with E-state index in [2.05, 4.69) is 15.0 Å². The zero-order chi connectivity index (χ0) is 15.6. The van der Waals surface area contributed by atoms with E-state index in [0.717, 1.165) is 5.56 Å². The minimum Gasteiger partial charge on any atom is -0.395 e. The molecular formula is C14H21N3O3S. The lowest BCUT2D eigenvalue weighted by Crippen LogP contribution is -2.37. The van der Waals surface area contributed by atoms with Gasteiger partial charge in [-0.2, -0.15) is 0 Å². The highest BCUT2D eigenvalue weighted by molar-refractivity contribution is 7.89. The standard InChI is InChI=1S/C14H21N3O3S/c1-4-10(8-18)17-21(19,20)12-7-5-6-11-9(2)16-14(15-3)13(11)12/h5-7,9-10,17-18H,4,8H2,1-3H3,(H,15,16). The first-order valence-electron chi connectivity index (χ1n) is 6.94. The van der Waals surface area contributed by atoms with Crippen LogP contribution >= 0.6 is 0 Å². The number of nitrogens with zero attached hydrogens (tertiary/aromatic N) is 1. The van der Waals surface area contributed by atoms with E-state index in [1.54, 1.807) is 19.2 Å². The molecule has 0 aromatic heterocycles. The summed E-state index contributed by atoms with van der Waals surface area (Å²) in [6.07, 6.45) is 0.522. The Kier molecular flexibility index (Phi) is 4.65. The SMILES string of the molecule is CCC(CO)NS(=O)(=O)c1cccc2c1C(=NC)NC2C. The molecule has 1 aliphatic rings. The Bertz CT molecular complexity index is 651. The van der Waals surface area contributed by atoms with E-state index in [1.165, 1.54) is 0 Å². The van der Waals surface area contributed by atoms with E-state index < -0.39 is 16.1 Å². The van der Waals surface area contributed by atoms with Crippen LogP contribution < -0.4 is 10.0 Å². The van der Waals surface area contributed by atoms with Gasteiger partial charge in [0, 0.05) is 18.7 Å². The highest BCUT2D eigenvalue weighted by Crippen LogP contribution is 2.30. The summed E-state index contributed by atoms with van der Waals surface area (Å²) in [6.45, 7) is 3.55. The van der Waals surface area contributed by atoms with Gasteiger partial charge in [-0.3, -0.25) is 4.99 Å². The van der Waals surface area contributed by atoms with Gasteiger partial charge >= 0.3 is 0 Å². The van der Waals surface area contributed by atoms with Gasteiger partial charge in [0.25, 0.3) is 0 Å². The topological polar surface area (TPSA) is 90.8 Å². The van der Waals surface area contributed by atoms with Crippen molar-refractivity contribution >= 4 is 15.9 Å². The Balaban J connectivity index is 2.51. The third kappa shape index (κ3) is 2.95. The highest BCUT2D eigenvalue weighted by atomic mass is 32.2. The molecular weight excluding hydrogens is 290 g/mol. The van der Waals surface area contributed by atoms with Gasteiger partial charge in [-0.25, -0.2) is 13.1 Å². The van der Waals surface area contributed by atoms with Gasteiger partial charge in [0.15, 0.2) is 0 Å². The molecule has 0 saturated carbocycles. The van der Waals surface area contributed by atoms with Crippen LogP contribution in [-0.4, -0.2) is 39.1 Å². The fraction of sp³-hybridized carbons (Fsp3) is 0.500. The third-order valence-electron chi connectivity index (χ3n) is 3.66. The molecule has 21 heavy (non-hydrogen) atoms. The van der Waals surface area contributed by atoms with Crippen LogP contribution in [0.2, 0.25) is 0 Å². The lowest BCUT2D eigenvalue weighted by molar-refractivity contribution is 0.254. The van der Waals surface area contributed by atoms with Crippen molar-refractivity contribution in [3.8, 4) is 0 Å². The minimum atomic E-state index is -3.71. The lowest BCUT2D eigenvalue weighted by Gasteiger charge is -2.16. The molecule has 6 nitrogen and oxygen atoms in total. The molecule has 7 heteroatoms. The van der Waals surface area contributed by atoms with Crippen LogP contribution in [0.3, 0.4) is 0 Å². The summed E-state index contributed by atoms with van der Waals surface area (Å²) >= 11 is 0. The van der Waals surface area contributed by atoms with Gasteiger partial charge in [-0.1, -0.05) is 19.1 Å². The second-order valence-corrected chi connectivity index (χ2v) is 6.75. The number of aliphatic hydroxyl groups excluding tert-OH is 1. The molecule has 3 N–H and O–H groups in total. The van der Waals surface area contributed by atoms with Crippen LogP contribution in [0.15, 0.2) is 28.1 Å². The fourth-order valence-electron chi connectivity index (χ4n) is 2.45. The molecule has 2 atom stereocenters. The van der Waals surface area contributed by atoms with Crippen molar-refractivity contribution in [1.29, 1.82) is 0 Å². The number of sulfonamides is 1. The predicted molar refractivity (Wildman–Crippen MR) is 81.9 cm³/mol. The van der Waals surface area contributed by atoms with Crippen molar-refractivity contribution in [2.75, 3.05) is 13.7 Å². The van der Waals surface area contributed by atoms with Crippen molar-refractivity contribution < 1.29 is 13.5 Å². The Hall–Kier alpha value is -1.44. The van der Waals surface area contributed by atoms with Crippen LogP contribution in [-0.2, 0) is 10.0 Å². The molecule has 1 aliphatic heterocycles. The van der Waals surface area contributed by atoms with E-state index >= 15 is 0 Å². The smallest absolute Gasteiger partial charge is 0.241 e. The predicted octanol–water partition coefficient (Wildman–Crippen LogP) is 0.776. The van der Waals surface area contributed by atoms with Gasteiger partial charge < -0.3 is 10.4 Å². The molecule has 2 unspecified atom stereocenters. The number of amidine groups is 1. The number of hydrogen-bond donors (Lipinski definition) is 3. The molecule has 0 bridgehead atoms. The number of fused-ring (bicyclic) bond motifs is 1. The average Bonchev–Trinajstić information content (AvgIpc) is 2.81. The van der Waals surface area contributed by atoms with Crippen LogP contribution in [0.1, 0.15) is 37.4 Å². The quantitative estimate of drug-likeness (QED) is 0.749. The molecule has 1 heterocycles. The molecule has 0 saturated heterocycles. The molecule has 2 rings (SSSR count). The molecule has 0 spiro atoms. The van der Waals surface area contributed by atoms with Crippen molar-refractivity contribution in [2.24, 2.45) is 4.99 Å². The monoisotopic (exact) mass is 311 g/mol. The fourth-order valence-corrected chi connectivity index (χ4v) is 4.00. The molecule has 1 aromatic rings. The number of aliphatic hydroxyl groups is 1. The molecule has 0 radical (unpaired) electrons. The number of aliphatic imine (C=N–C) groups is 1. The first-order chi connectivity index (χ1) is 9.94. The van der Waals surface area contributed by atoms with Gasteiger partial charge in [-0.05, 0) is 25.0 Å². The Morgan fingerprint density at radius 2 is 2.19 bits per heavy atom. The van der Waals surface area contributed by atoms with Crippen LogP contribution in [0.5, 0.6) is 0 Å². The van der Waals surface area contributed by atoms with Crippen molar-refractivity contribution in [1.82, 2.24) is 10.0 Å². The summed E-state index contributed by atoms with van der Waals surface area (Å²) in [4.78, 5) is 4.34. The molecule has 1 aromatic carbocycles. The zero-order valence-electron chi connectivity index (χ0n) is 12.4. The van der Waals surface area contributed by atoms with E-state index in [1.807, 2.05) is 19.9 Å². The maximum atomic E-state index is 12.6. The lowest BCUT2D eigenvalue weighted by atomic mass is 10.1. The molecule has 0 aliphatic carbocycles. The minimum absolute atomic E-state index is 0.0219. The first-order valence-corrected chi connectivity index (χ1v) is 8.42. The highest BCUT2D eigenvalue weighted by Gasteiger charge is 2.31. The summed E-state index contributed by atoms with van der Waals surface area (Å²) in [5.74, 6) is 0.579. The Morgan fingerprint density at radius 3 is 2.76 bits per heavy atom. The van der Waals surface area contributed by atoms with Crippen molar-refractivity contribution in [2.45, 2.75) is 37.2 Å². The zero-order valence-corrected chi connectivity index (χ0v) is 13.2. The summed E-state index contributed by atoms with van der Waals surface area (Å²) in [7, 11) is -2.08. The van der Waals surface area contributed by atoms with Crippen LogP contribution in [0.25, 0.3) is 0 Å². The van der Waals surface area contributed by atoms with Crippen LogP contribution in [0, 0.1) is 0 Å². The summed E-state index contributed by atoms with van der Waals surface area (Å²) in [5.41, 5.74) is 1.53. The van der Waals surface area contributed by atoms with Gasteiger partial charge in [0.05, 0.1) is 17.5 Å². The summed E-state index contributed by atoms with van der Waals surface area (Å²) < 4.78 is 27.7. The van der Waals surface area contributed by atoms with E-state index in [0.29, 0.717) is 17.8 Å². The first kappa shape index (κ1) is 15.9. The Morgan fingerprint density at radius 1 is 1.48 bits per heavy atom. The van der Waals surface area contributed by atoms with Gasteiger partial charge in [-0.15, -0.1) is 0 Å². The second-order valence-electron chi connectivity index (χ2n) is 5.07. The largest absolute Gasteiger partial charge is 0.395 e. The van der Waals surface area contributed by atoms with Crippen molar-refractivity contribution in [3.05, 3.63) is 29.3 Å². The van der Waals surface area contributed by atoms with Gasteiger partial charge in [0.2, 0.25) is 10.0 Å². The van der Waals surface area contributed by atoms with E-state index in [9.17, 15) is 13.5 Å². The number of rotatable bonds is 5. The van der Waals surface area contributed by atoms with Crippen LogP contribution in [0.4, 0.5) is 0 Å². The number of hydrogen-bond acceptors (Lipinski definition) is 4. The molecule has 0 fully saturated rings. The molecule has 0 amide bonds. The normalized spacial score (nSPS) is 21.1. The number of benzene rings is 1. The number of nitrogens with one attached hydrogen (secondary N) is 2. The summed E-state index contributed by atoms with van der Waals surface area (Å²) in [5, 5.41) is 12.4. The van der Waals surface area contributed by atoms with E-state index in [4.69, 9.17) is 0 Å². The third-order valence-corrected chi connectivity index (χ3v) is 5.23. The second kappa shape index (κ2) is 6.13. The average molecular weight is 311 g/mol. The van der Waals surface area contributed by atoms with Gasteiger partial charge in [0.1, 0.15) is 5.84 Å². The maximum absolute atomic E-state index is 12.6. The molecule has 116 valence electrons. The van der Waals surface area contributed by atoms with Crippen molar-refractivity contribution in [3.63, 3.8) is 0 Å². The summed E-state index contributed by atoms with van der Waals surface area (Å²) in [6, 6.07) is 4.72. The maximum Gasteiger partial charge on any atom is 0.241 e. The Labute approximate surface area is 125 Å².